The quantitative estimate of drug-likeness (QED) is 0.0310. The Bertz CT molecular complexity index is 2120. The summed E-state index contributed by atoms with van der Waals surface area (Å²) in [7, 11) is 0. The average molecular weight is 1110 g/mol. The second-order valence-electron chi connectivity index (χ2n) is 26.7. The number of aliphatic hydroxyl groups is 4. The molecule has 3 fully saturated rings. The molecule has 2 aliphatic heterocycles. The molecular weight excluding hydrogens is 1020 g/mol. The van der Waals surface area contributed by atoms with Crippen LogP contribution in [0.5, 0.6) is 0 Å². The van der Waals surface area contributed by atoms with Crippen molar-refractivity contribution in [3.8, 4) is 0 Å². The fourth-order valence-corrected chi connectivity index (χ4v) is 9.61. The van der Waals surface area contributed by atoms with Crippen LogP contribution in [0.2, 0.25) is 0 Å². The maximum Gasteiger partial charge on any atom is 0.408 e. The van der Waals surface area contributed by atoms with E-state index in [0.29, 0.717) is 25.3 Å². The Balaban J connectivity index is 1.73. The van der Waals surface area contributed by atoms with Crippen molar-refractivity contribution in [3.63, 3.8) is 0 Å². The van der Waals surface area contributed by atoms with Crippen LogP contribution in [0.1, 0.15) is 156 Å². The number of amidine groups is 1. The van der Waals surface area contributed by atoms with Gasteiger partial charge in [-0.3, -0.25) is 14.4 Å². The minimum absolute atomic E-state index is 0.0249. The number of hydrogen-bond acceptors (Lipinski definition) is 19. The Hall–Kier alpha value is -4.56. The van der Waals surface area contributed by atoms with Gasteiger partial charge in [0.25, 0.3) is 11.9 Å². The smallest absolute Gasteiger partial charge is 0.408 e. The zero-order valence-corrected chi connectivity index (χ0v) is 49.2. The van der Waals surface area contributed by atoms with E-state index in [1.165, 1.54) is 13.8 Å². The minimum Gasteiger partial charge on any atom is -0.466 e. The van der Waals surface area contributed by atoms with E-state index in [1.807, 2.05) is 41.5 Å². The fraction of sp³-hybridized carbons (Fsp3) is 0.852. The first-order valence-electron chi connectivity index (χ1n) is 27.1. The Morgan fingerprint density at radius 3 is 1.83 bits per heavy atom. The lowest BCUT2D eigenvalue weighted by Gasteiger charge is -2.51. The molecule has 0 aromatic heterocycles. The van der Waals surface area contributed by atoms with Crippen LogP contribution < -0.4 is 32.3 Å². The summed E-state index contributed by atoms with van der Waals surface area (Å²) in [5, 5.41) is 62.8. The first-order valence-corrected chi connectivity index (χ1v) is 27.1. The minimum atomic E-state index is -2.02. The third kappa shape index (κ3) is 20.8. The summed E-state index contributed by atoms with van der Waals surface area (Å²) < 4.78 is 47.9. The number of nitrogens with two attached hydrogens (primary N) is 1. The van der Waals surface area contributed by atoms with E-state index in [0.717, 1.165) is 0 Å². The summed E-state index contributed by atoms with van der Waals surface area (Å²) in [4.78, 5) is 72.0. The van der Waals surface area contributed by atoms with Gasteiger partial charge in [-0.15, -0.1) is 0 Å². The lowest BCUT2D eigenvalue weighted by Crippen LogP contribution is -2.71. The standard InChI is InChI=1S/C54H95N7O17/c1-29(41(65)75-49(5,6)7)36-37(63)43(71-28-53(36,17)69)74-40-34(60-44(66)54(70)24-30(25-54)58-46(67)77-51(11,12)13)23-33(59-35(62)26-48(2,3)4)39(38(40)64)73-42-32(61-47(68)78-52(14,15)16)20-19-31(72-42)27-56-21-18-22-57-45(55)76-50(8,9)10/h19,29-30,32-34,36-40,42-43,56,63-64,69-70H,18,20-28H2,1-17H3,(H2,55,57)(H,58,67)(H,59,62)(H,60,66)(H,61,68)/t29?,30?,32-,33?,34-,36-,37?,38+,39-,40+,42-,43?,53+,54?/m1/s1. The number of carbonyl (C=O) groups excluding carboxylic acids is 5. The maximum atomic E-state index is 14.3. The van der Waals surface area contributed by atoms with Gasteiger partial charge in [0, 0.05) is 37.8 Å². The van der Waals surface area contributed by atoms with Gasteiger partial charge in [-0.2, -0.15) is 0 Å². The van der Waals surface area contributed by atoms with Crippen molar-refractivity contribution in [2.45, 2.75) is 251 Å². The van der Waals surface area contributed by atoms with E-state index in [1.54, 1.807) is 68.4 Å². The van der Waals surface area contributed by atoms with Gasteiger partial charge in [0.1, 0.15) is 58.2 Å². The molecule has 0 aromatic carbocycles. The lowest BCUT2D eigenvalue weighted by molar-refractivity contribution is -0.318. The Labute approximate surface area is 460 Å². The van der Waals surface area contributed by atoms with Gasteiger partial charge >= 0.3 is 18.2 Å². The summed E-state index contributed by atoms with van der Waals surface area (Å²) in [6, 6.07) is -3.91. The number of amides is 4. The number of hydrogen-bond donors (Lipinski definition) is 10. The summed E-state index contributed by atoms with van der Waals surface area (Å²) in [5.41, 5.74) is -1.49. The number of aliphatic imine (C=N–C) groups is 1. The summed E-state index contributed by atoms with van der Waals surface area (Å²) in [6.07, 6.45) is -9.26. The molecule has 2 heterocycles. The van der Waals surface area contributed by atoms with Crippen molar-refractivity contribution < 1.29 is 82.3 Å². The van der Waals surface area contributed by atoms with Crippen LogP contribution in [0.15, 0.2) is 16.8 Å². The second-order valence-corrected chi connectivity index (χ2v) is 26.7. The lowest BCUT2D eigenvalue weighted by atomic mass is 9.74. The molecule has 2 saturated carbocycles. The summed E-state index contributed by atoms with van der Waals surface area (Å²) in [6.45, 7) is 30.0. The maximum absolute atomic E-state index is 14.3. The van der Waals surface area contributed by atoms with Crippen LogP contribution in [-0.2, 0) is 52.3 Å². The predicted molar refractivity (Wildman–Crippen MR) is 286 cm³/mol. The molecule has 4 aliphatic rings. The topological polar surface area (TPSA) is 339 Å². The Morgan fingerprint density at radius 1 is 0.744 bits per heavy atom. The van der Waals surface area contributed by atoms with Gasteiger partial charge in [-0.05, 0) is 127 Å². The van der Waals surface area contributed by atoms with E-state index >= 15 is 0 Å². The zero-order chi connectivity index (χ0) is 59.1. The monoisotopic (exact) mass is 1110 g/mol. The van der Waals surface area contributed by atoms with Gasteiger partial charge in [-0.1, -0.05) is 27.7 Å². The number of nitrogens with zero attached hydrogens (tertiary/aromatic N) is 1. The number of esters is 1. The highest BCUT2D eigenvalue weighted by atomic mass is 16.7. The molecule has 2 aliphatic carbocycles. The molecule has 24 heteroatoms. The molecule has 12 atom stereocenters. The molecular formula is C54H95N7O17. The average Bonchev–Trinajstić information content (AvgIpc) is 3.22. The van der Waals surface area contributed by atoms with E-state index in [-0.39, 0.29) is 44.7 Å². The largest absolute Gasteiger partial charge is 0.466 e. The molecule has 4 unspecified atom stereocenters. The third-order valence-electron chi connectivity index (χ3n) is 12.8. The van der Waals surface area contributed by atoms with Gasteiger partial charge in [-0.25, -0.2) is 14.6 Å². The van der Waals surface area contributed by atoms with Crippen molar-refractivity contribution in [2.75, 3.05) is 26.2 Å². The van der Waals surface area contributed by atoms with Crippen LogP contribution in [0, 0.1) is 17.3 Å². The van der Waals surface area contributed by atoms with Crippen molar-refractivity contribution in [1.82, 2.24) is 26.6 Å². The molecule has 11 N–H and O–H groups in total. The molecule has 448 valence electrons. The first kappa shape index (κ1) is 66.0. The van der Waals surface area contributed by atoms with Crippen molar-refractivity contribution in [2.24, 2.45) is 28.0 Å². The molecule has 4 amide bonds. The fourth-order valence-electron chi connectivity index (χ4n) is 9.61. The molecule has 0 aromatic rings. The number of alkyl carbamates (subject to hydrolysis) is 2. The van der Waals surface area contributed by atoms with Crippen LogP contribution in [0.25, 0.3) is 0 Å². The molecule has 0 radical (unpaired) electrons. The van der Waals surface area contributed by atoms with Crippen LogP contribution in [0.4, 0.5) is 9.59 Å². The highest BCUT2D eigenvalue weighted by Crippen LogP contribution is 2.40. The highest BCUT2D eigenvalue weighted by molar-refractivity contribution is 5.87. The number of ether oxygens (including phenoxy) is 8. The van der Waals surface area contributed by atoms with Gasteiger partial charge in [0.05, 0.1) is 42.8 Å². The van der Waals surface area contributed by atoms with Crippen LogP contribution >= 0.6 is 0 Å². The van der Waals surface area contributed by atoms with E-state index in [2.05, 4.69) is 31.6 Å². The zero-order valence-electron chi connectivity index (χ0n) is 49.2. The molecule has 78 heavy (non-hydrogen) atoms. The Kier molecular flexibility index (Phi) is 21.9. The third-order valence-corrected chi connectivity index (χ3v) is 12.8. The summed E-state index contributed by atoms with van der Waals surface area (Å²) >= 11 is 0. The predicted octanol–water partition coefficient (Wildman–Crippen LogP) is 3.04. The summed E-state index contributed by atoms with van der Waals surface area (Å²) in [5.74, 6) is -3.98. The van der Waals surface area contributed by atoms with Crippen LogP contribution in [-0.4, -0.2) is 177 Å². The number of aliphatic hydroxyl groups excluding tert-OH is 2. The van der Waals surface area contributed by atoms with E-state index < -0.39 is 149 Å². The van der Waals surface area contributed by atoms with E-state index in [4.69, 9.17) is 43.6 Å². The van der Waals surface area contributed by atoms with Gasteiger partial charge < -0.3 is 90.6 Å². The number of carbonyl (C=O) groups is 5. The first-order chi connectivity index (χ1) is 35.5. The molecule has 0 spiro atoms. The number of rotatable bonds is 18. The normalized spacial score (nSPS) is 31.5. The highest BCUT2D eigenvalue weighted by Gasteiger charge is 2.57. The van der Waals surface area contributed by atoms with Crippen molar-refractivity contribution in [3.05, 3.63) is 11.8 Å². The van der Waals surface area contributed by atoms with Crippen molar-refractivity contribution in [1.29, 1.82) is 0 Å². The molecule has 24 nitrogen and oxygen atoms in total. The number of nitrogens with one attached hydrogen (secondary N) is 5. The molecule has 1 saturated heterocycles. The van der Waals surface area contributed by atoms with Crippen molar-refractivity contribution >= 4 is 36.0 Å². The molecule has 0 bridgehead atoms. The van der Waals surface area contributed by atoms with Gasteiger partial charge in [0.2, 0.25) is 12.2 Å². The molecule has 4 rings (SSSR count). The second kappa shape index (κ2) is 25.9. The Morgan fingerprint density at radius 2 is 1.28 bits per heavy atom. The van der Waals surface area contributed by atoms with Crippen LogP contribution in [0.3, 0.4) is 0 Å². The SMILES string of the molecule is CC(C(=O)OC(C)(C)C)[C@@H]1C(O)C(O[C@@H]2[C@@H](O)[C@H](O[C@H]3OC(CNCCCN=C(N)OC(C)(C)C)=CC[C@H]3NC(=O)OC(C)(C)C)C(NC(=O)CC(C)(C)C)C[C@H]2NC(=O)C2(O)CC(NC(=O)OC(C)(C)C)C2)OC[C@]1(C)O. The van der Waals surface area contributed by atoms with Gasteiger partial charge in [0.15, 0.2) is 6.29 Å². The van der Waals surface area contributed by atoms with E-state index in [9.17, 15) is 44.4 Å².